The minimum Gasteiger partial charge on any atom is -0.354 e. The van der Waals surface area contributed by atoms with Crippen molar-refractivity contribution >= 4 is 29.3 Å². The van der Waals surface area contributed by atoms with Gasteiger partial charge in [0.25, 0.3) is 5.91 Å². The molecule has 112 valence electrons. The lowest BCUT2D eigenvalue weighted by atomic mass is 10.1. The Labute approximate surface area is 127 Å². The highest BCUT2D eigenvalue weighted by molar-refractivity contribution is 6.30. The molecule has 1 fully saturated rings. The minimum absolute atomic E-state index is 0.00320. The monoisotopic (exact) mass is 309 g/mol. The average Bonchev–Trinajstić information content (AvgIpc) is 2.48. The quantitative estimate of drug-likeness (QED) is 0.755. The van der Waals surface area contributed by atoms with Crippen LogP contribution in [0.3, 0.4) is 0 Å². The van der Waals surface area contributed by atoms with Crippen LogP contribution < -0.4 is 16.0 Å². The molecule has 1 aromatic carbocycles. The first-order chi connectivity index (χ1) is 10.0. The van der Waals surface area contributed by atoms with Gasteiger partial charge in [0.1, 0.15) is 0 Å². The molecule has 7 heteroatoms. The van der Waals surface area contributed by atoms with Gasteiger partial charge >= 0.3 is 0 Å². The van der Waals surface area contributed by atoms with Crippen LogP contribution in [-0.2, 0) is 9.59 Å². The number of carbonyl (C=O) groups excluding carboxylic acids is 3. The fourth-order valence-electron chi connectivity index (χ4n) is 2.00. The van der Waals surface area contributed by atoms with E-state index in [-0.39, 0.29) is 30.3 Å². The van der Waals surface area contributed by atoms with Gasteiger partial charge in [-0.2, -0.15) is 0 Å². The first kappa shape index (κ1) is 15.3. The van der Waals surface area contributed by atoms with Crippen LogP contribution in [0.25, 0.3) is 0 Å². The van der Waals surface area contributed by atoms with Crippen molar-refractivity contribution in [3.05, 3.63) is 34.9 Å². The van der Waals surface area contributed by atoms with E-state index in [0.29, 0.717) is 30.0 Å². The van der Waals surface area contributed by atoms with Crippen LogP contribution in [0.15, 0.2) is 24.3 Å². The molecule has 1 heterocycles. The topological polar surface area (TPSA) is 87.3 Å². The molecule has 1 atom stereocenters. The molecule has 1 aromatic rings. The molecule has 0 aliphatic carbocycles. The second kappa shape index (κ2) is 7.08. The van der Waals surface area contributed by atoms with E-state index in [4.69, 9.17) is 11.6 Å². The number of rotatable bonds is 4. The second-order valence-corrected chi connectivity index (χ2v) is 5.23. The van der Waals surface area contributed by atoms with Gasteiger partial charge in [0, 0.05) is 29.6 Å². The van der Waals surface area contributed by atoms with Crippen LogP contribution in [0.2, 0.25) is 5.02 Å². The number of piperidine rings is 1. The summed E-state index contributed by atoms with van der Waals surface area (Å²) >= 11 is 5.74. The smallest absolute Gasteiger partial charge is 0.251 e. The van der Waals surface area contributed by atoms with Crippen LogP contribution in [0, 0.1) is 0 Å². The first-order valence-electron chi connectivity index (χ1n) is 6.64. The van der Waals surface area contributed by atoms with Crippen LogP contribution in [0.1, 0.15) is 23.2 Å². The lowest BCUT2D eigenvalue weighted by Crippen LogP contribution is -2.50. The summed E-state index contributed by atoms with van der Waals surface area (Å²) in [4.78, 5) is 34.5. The van der Waals surface area contributed by atoms with Gasteiger partial charge in [-0.15, -0.1) is 0 Å². The van der Waals surface area contributed by atoms with Gasteiger partial charge in [-0.05, 0) is 30.7 Å². The molecule has 0 saturated carbocycles. The molecule has 6 nitrogen and oxygen atoms in total. The van der Waals surface area contributed by atoms with E-state index in [1.54, 1.807) is 24.3 Å². The third kappa shape index (κ3) is 4.75. The summed E-state index contributed by atoms with van der Waals surface area (Å²) in [6.45, 7) is 0.321. The highest BCUT2D eigenvalue weighted by Crippen LogP contribution is 2.09. The van der Waals surface area contributed by atoms with Gasteiger partial charge in [-0.1, -0.05) is 11.6 Å². The molecular weight excluding hydrogens is 294 g/mol. The summed E-state index contributed by atoms with van der Waals surface area (Å²) in [5.41, 5.74) is 0.442. The molecule has 1 aliphatic heterocycles. The van der Waals surface area contributed by atoms with Gasteiger partial charge in [-0.3, -0.25) is 14.4 Å². The fourth-order valence-corrected chi connectivity index (χ4v) is 2.12. The zero-order valence-electron chi connectivity index (χ0n) is 11.3. The maximum absolute atomic E-state index is 11.8. The zero-order chi connectivity index (χ0) is 15.2. The normalized spacial score (nSPS) is 17.8. The van der Waals surface area contributed by atoms with E-state index in [9.17, 15) is 14.4 Å². The molecule has 3 N–H and O–H groups in total. The molecule has 1 aliphatic rings. The highest BCUT2D eigenvalue weighted by Gasteiger charge is 2.19. The van der Waals surface area contributed by atoms with Crippen LogP contribution in [0.4, 0.5) is 0 Å². The molecule has 0 aromatic heterocycles. The van der Waals surface area contributed by atoms with E-state index in [2.05, 4.69) is 16.0 Å². The van der Waals surface area contributed by atoms with E-state index >= 15 is 0 Å². The maximum atomic E-state index is 11.8. The van der Waals surface area contributed by atoms with Gasteiger partial charge in [0.05, 0.1) is 6.54 Å². The number of amides is 3. The van der Waals surface area contributed by atoms with E-state index in [1.807, 2.05) is 0 Å². The third-order valence-electron chi connectivity index (χ3n) is 3.15. The molecule has 0 bridgehead atoms. The number of hydrogen-bond donors (Lipinski definition) is 3. The van der Waals surface area contributed by atoms with Crippen molar-refractivity contribution in [3.63, 3.8) is 0 Å². The van der Waals surface area contributed by atoms with E-state index in [0.717, 1.165) is 0 Å². The van der Waals surface area contributed by atoms with Crippen LogP contribution in [0.5, 0.6) is 0 Å². The van der Waals surface area contributed by atoms with Crippen molar-refractivity contribution < 1.29 is 14.4 Å². The molecule has 1 unspecified atom stereocenters. The van der Waals surface area contributed by atoms with Crippen molar-refractivity contribution in [2.75, 3.05) is 13.1 Å². The van der Waals surface area contributed by atoms with Crippen molar-refractivity contribution in [1.29, 1.82) is 0 Å². The minimum atomic E-state index is -0.334. The van der Waals surface area contributed by atoms with Crippen LogP contribution in [-0.4, -0.2) is 36.9 Å². The second-order valence-electron chi connectivity index (χ2n) is 4.80. The van der Waals surface area contributed by atoms with Crippen LogP contribution >= 0.6 is 11.6 Å². The lowest BCUT2D eigenvalue weighted by molar-refractivity contribution is -0.125. The predicted molar refractivity (Wildman–Crippen MR) is 78.0 cm³/mol. The average molecular weight is 310 g/mol. The first-order valence-corrected chi connectivity index (χ1v) is 7.02. The largest absolute Gasteiger partial charge is 0.354 e. The maximum Gasteiger partial charge on any atom is 0.251 e. The summed E-state index contributed by atoms with van der Waals surface area (Å²) in [5, 5.41) is 8.53. The van der Waals surface area contributed by atoms with Gasteiger partial charge in [0.2, 0.25) is 11.8 Å². The fraction of sp³-hybridized carbons (Fsp3) is 0.357. The Hall–Kier alpha value is -2.08. The highest BCUT2D eigenvalue weighted by atomic mass is 35.5. The lowest BCUT2D eigenvalue weighted by Gasteiger charge is -2.23. The molecule has 21 heavy (non-hydrogen) atoms. The number of benzene rings is 1. The molecule has 0 spiro atoms. The molecule has 3 amide bonds. The van der Waals surface area contributed by atoms with E-state index in [1.165, 1.54) is 0 Å². The Morgan fingerprint density at radius 1 is 1.29 bits per heavy atom. The SMILES string of the molecule is O=C1CCC(NC(=O)CNC(=O)c2ccc(Cl)cc2)CN1. The Kier molecular flexibility index (Phi) is 5.16. The Morgan fingerprint density at radius 2 is 2.00 bits per heavy atom. The molecule has 0 radical (unpaired) electrons. The van der Waals surface area contributed by atoms with E-state index < -0.39 is 0 Å². The summed E-state index contributed by atoms with van der Waals surface area (Å²) in [6.07, 6.45) is 1.02. The van der Waals surface area contributed by atoms with Gasteiger partial charge < -0.3 is 16.0 Å². The number of nitrogens with one attached hydrogen (secondary N) is 3. The van der Waals surface area contributed by atoms with Gasteiger partial charge in [-0.25, -0.2) is 0 Å². The van der Waals surface area contributed by atoms with Crippen molar-refractivity contribution in [3.8, 4) is 0 Å². The third-order valence-corrected chi connectivity index (χ3v) is 3.40. The molecule has 1 saturated heterocycles. The Balaban J connectivity index is 1.74. The number of carbonyl (C=O) groups is 3. The molecule has 2 rings (SSSR count). The van der Waals surface area contributed by atoms with Gasteiger partial charge in [0.15, 0.2) is 0 Å². The summed E-state index contributed by atoms with van der Waals surface area (Å²) in [7, 11) is 0. The molecular formula is C14H16ClN3O3. The number of hydrogen-bond acceptors (Lipinski definition) is 3. The standard InChI is InChI=1S/C14H16ClN3O3/c15-10-3-1-9(2-4-10)14(21)17-8-13(20)18-11-5-6-12(19)16-7-11/h1-4,11H,5-8H2,(H,16,19)(H,17,21)(H,18,20). The summed E-state index contributed by atoms with van der Waals surface area (Å²) in [5.74, 6) is -0.617. The Bertz CT molecular complexity index is 535. The predicted octanol–water partition coefficient (Wildman–Crippen LogP) is 0.465. The summed E-state index contributed by atoms with van der Waals surface area (Å²) < 4.78 is 0. The zero-order valence-corrected chi connectivity index (χ0v) is 12.1. The van der Waals surface area contributed by atoms with Crippen molar-refractivity contribution in [1.82, 2.24) is 16.0 Å². The Morgan fingerprint density at radius 3 is 2.62 bits per heavy atom. The number of halogens is 1. The summed E-state index contributed by atoms with van der Waals surface area (Å²) in [6, 6.07) is 6.32. The van der Waals surface area contributed by atoms with Crippen molar-refractivity contribution in [2.24, 2.45) is 0 Å². The van der Waals surface area contributed by atoms with Crippen molar-refractivity contribution in [2.45, 2.75) is 18.9 Å².